The number of carbonyl (C=O) groups is 2. The van der Waals surface area contributed by atoms with E-state index in [1.54, 1.807) is 0 Å². The molecule has 0 fully saturated rings. The second kappa shape index (κ2) is 19.5. The number of carbonyl (C=O) groups excluding carboxylic acids is 2. The third-order valence-corrected chi connectivity index (χ3v) is 5.55. The van der Waals surface area contributed by atoms with E-state index in [9.17, 15) is 14.2 Å². The van der Waals surface area contributed by atoms with Crippen LogP contribution in [0, 0.1) is 0 Å². The molecule has 15 heteroatoms. The van der Waals surface area contributed by atoms with E-state index < -0.39 is 25.8 Å². The molecule has 0 rings (SSSR count). The van der Waals surface area contributed by atoms with Gasteiger partial charge in [0.05, 0.1) is 58.5 Å². The molecule has 13 nitrogen and oxygen atoms in total. The van der Waals surface area contributed by atoms with Crippen molar-refractivity contribution in [2.45, 2.75) is 12.1 Å². The summed E-state index contributed by atoms with van der Waals surface area (Å²) in [4.78, 5) is 40.6. The van der Waals surface area contributed by atoms with Crippen molar-refractivity contribution < 1.29 is 47.6 Å². The van der Waals surface area contributed by atoms with Crippen LogP contribution < -0.4 is 16.4 Å². The third-order valence-electron chi connectivity index (χ3n) is 3.58. The van der Waals surface area contributed by atoms with Crippen molar-refractivity contribution in [3.63, 3.8) is 0 Å². The SMILES string of the molecule is CNC(=O)OC(COC)CSCC(N)C(=O)NCCOCCOCCOCCP(=O)(O)O. The van der Waals surface area contributed by atoms with Crippen molar-refractivity contribution in [2.24, 2.45) is 5.73 Å². The highest BCUT2D eigenvalue weighted by Crippen LogP contribution is 2.33. The first-order chi connectivity index (χ1) is 15.2. The van der Waals surface area contributed by atoms with E-state index in [0.717, 1.165) is 0 Å². The van der Waals surface area contributed by atoms with Crippen LogP contribution in [0.25, 0.3) is 0 Å². The fourth-order valence-electron chi connectivity index (χ4n) is 2.02. The highest BCUT2D eigenvalue weighted by atomic mass is 32.2. The van der Waals surface area contributed by atoms with Crippen molar-refractivity contribution >= 4 is 31.4 Å². The molecule has 6 N–H and O–H groups in total. The molecule has 0 saturated carbocycles. The standard InChI is InChI=1S/C17H36N3O10PS/c1-19-17(22)30-14(11-26-2)12-32-13-15(18)16(21)20-3-4-27-5-6-28-7-8-29-9-10-31(23,24)25/h14-15H,3-13,18H2,1-2H3,(H,19,22)(H,20,21)(H2,23,24,25). The van der Waals surface area contributed by atoms with Crippen LogP contribution in [0.1, 0.15) is 0 Å². The summed E-state index contributed by atoms with van der Waals surface area (Å²) in [5, 5.41) is 5.04. The molecule has 0 aromatic rings. The van der Waals surface area contributed by atoms with Gasteiger partial charge in [0.25, 0.3) is 0 Å². The predicted octanol–water partition coefficient (Wildman–Crippen LogP) is -1.24. The van der Waals surface area contributed by atoms with E-state index in [2.05, 4.69) is 10.6 Å². The van der Waals surface area contributed by atoms with Crippen molar-refractivity contribution in [2.75, 3.05) is 84.6 Å². The summed E-state index contributed by atoms with van der Waals surface area (Å²) in [7, 11) is -1.05. The van der Waals surface area contributed by atoms with Crippen molar-refractivity contribution in [3.05, 3.63) is 0 Å². The van der Waals surface area contributed by atoms with Gasteiger partial charge in [-0.1, -0.05) is 0 Å². The number of nitrogens with two attached hydrogens (primary N) is 1. The number of amides is 2. The minimum atomic E-state index is -4.02. The first kappa shape index (κ1) is 31.0. The van der Waals surface area contributed by atoms with E-state index in [1.807, 2.05) is 0 Å². The molecule has 0 aromatic carbocycles. The highest BCUT2D eigenvalue weighted by molar-refractivity contribution is 7.99. The molecule has 32 heavy (non-hydrogen) atoms. The molecule has 0 saturated heterocycles. The van der Waals surface area contributed by atoms with E-state index in [-0.39, 0.29) is 38.5 Å². The molecule has 2 amide bonds. The Bertz CT molecular complexity index is 555. The van der Waals surface area contributed by atoms with Crippen molar-refractivity contribution in [1.29, 1.82) is 0 Å². The Labute approximate surface area is 192 Å². The third kappa shape index (κ3) is 19.7. The number of hydrogen-bond donors (Lipinski definition) is 5. The zero-order valence-electron chi connectivity index (χ0n) is 18.5. The maximum Gasteiger partial charge on any atom is 0.407 e. The summed E-state index contributed by atoms with van der Waals surface area (Å²) in [5.41, 5.74) is 5.86. The molecule has 190 valence electrons. The van der Waals surface area contributed by atoms with Crippen LogP contribution in [-0.4, -0.2) is 119 Å². The number of rotatable bonds is 20. The topological polar surface area (TPSA) is 188 Å². The van der Waals surface area contributed by atoms with Crippen LogP contribution in [-0.2, 0) is 33.0 Å². The molecule has 0 radical (unpaired) electrons. The molecule has 0 heterocycles. The van der Waals surface area contributed by atoms with Gasteiger partial charge in [-0.05, 0) is 0 Å². The minimum absolute atomic E-state index is 0.0258. The molecule has 0 spiro atoms. The molecule has 0 bridgehead atoms. The summed E-state index contributed by atoms with van der Waals surface area (Å²) in [6, 6.07) is -0.711. The second-order valence-electron chi connectivity index (χ2n) is 6.39. The normalized spacial score (nSPS) is 13.4. The van der Waals surface area contributed by atoms with Crippen LogP contribution >= 0.6 is 19.4 Å². The number of nitrogens with one attached hydrogen (secondary N) is 2. The van der Waals surface area contributed by atoms with Crippen molar-refractivity contribution in [1.82, 2.24) is 10.6 Å². The summed E-state index contributed by atoms with van der Waals surface area (Å²) in [5.74, 6) is 0.494. The quantitative estimate of drug-likeness (QED) is 0.0980. The summed E-state index contributed by atoms with van der Waals surface area (Å²) < 4.78 is 36.4. The van der Waals surface area contributed by atoms with E-state index in [4.69, 9.17) is 39.2 Å². The molecule has 0 aliphatic carbocycles. The lowest BCUT2D eigenvalue weighted by molar-refractivity contribution is -0.122. The van der Waals surface area contributed by atoms with Gasteiger partial charge in [0, 0.05) is 32.2 Å². The fourth-order valence-corrected chi connectivity index (χ4v) is 3.35. The number of hydrogen-bond acceptors (Lipinski definition) is 10. The number of methoxy groups -OCH3 is 1. The Kier molecular flexibility index (Phi) is 18.9. The number of ether oxygens (including phenoxy) is 5. The Morgan fingerprint density at radius 3 is 2.19 bits per heavy atom. The van der Waals surface area contributed by atoms with Gasteiger partial charge in [-0.2, -0.15) is 11.8 Å². The van der Waals surface area contributed by atoms with Crippen molar-refractivity contribution in [3.8, 4) is 0 Å². The monoisotopic (exact) mass is 505 g/mol. The average Bonchev–Trinajstić information content (AvgIpc) is 2.73. The van der Waals surface area contributed by atoms with Gasteiger partial charge in [-0.25, -0.2) is 4.79 Å². The predicted molar refractivity (Wildman–Crippen MR) is 119 cm³/mol. The summed E-state index contributed by atoms with van der Waals surface area (Å²) in [6.45, 7) is 1.98. The van der Waals surface area contributed by atoms with Gasteiger partial charge in [-0.15, -0.1) is 0 Å². The van der Waals surface area contributed by atoms with Crippen LogP contribution in [0.4, 0.5) is 4.79 Å². The zero-order chi connectivity index (χ0) is 24.2. The Balaban J connectivity index is 3.64. The Morgan fingerprint density at radius 1 is 1.03 bits per heavy atom. The molecule has 0 aromatic heterocycles. The van der Waals surface area contributed by atoms with E-state index in [1.165, 1.54) is 25.9 Å². The molecule has 2 atom stereocenters. The molecule has 2 unspecified atom stereocenters. The second-order valence-corrected chi connectivity index (χ2v) is 9.24. The first-order valence-electron chi connectivity index (χ1n) is 9.95. The molecule has 0 aliphatic heterocycles. The lowest BCUT2D eigenvalue weighted by Crippen LogP contribution is -2.43. The van der Waals surface area contributed by atoms with Crippen LogP contribution in [0.15, 0.2) is 0 Å². The molecular formula is C17H36N3O10PS. The lowest BCUT2D eigenvalue weighted by Gasteiger charge is -2.17. The van der Waals surface area contributed by atoms with Crippen LogP contribution in [0.5, 0.6) is 0 Å². The molecule has 0 aliphatic rings. The van der Waals surface area contributed by atoms with Gasteiger partial charge in [0.2, 0.25) is 5.91 Å². The van der Waals surface area contributed by atoms with Crippen LogP contribution in [0.2, 0.25) is 0 Å². The van der Waals surface area contributed by atoms with Gasteiger partial charge >= 0.3 is 13.7 Å². The Morgan fingerprint density at radius 2 is 1.62 bits per heavy atom. The minimum Gasteiger partial charge on any atom is -0.443 e. The molecular weight excluding hydrogens is 469 g/mol. The van der Waals surface area contributed by atoms with E-state index in [0.29, 0.717) is 37.9 Å². The van der Waals surface area contributed by atoms with Gasteiger partial charge in [-0.3, -0.25) is 9.36 Å². The highest BCUT2D eigenvalue weighted by Gasteiger charge is 2.17. The fraction of sp³-hybridized carbons (Fsp3) is 0.882. The zero-order valence-corrected chi connectivity index (χ0v) is 20.2. The first-order valence-corrected chi connectivity index (χ1v) is 12.9. The van der Waals surface area contributed by atoms with Gasteiger partial charge < -0.3 is 49.8 Å². The average molecular weight is 506 g/mol. The largest absolute Gasteiger partial charge is 0.443 e. The Hall–Kier alpha value is -0.960. The van der Waals surface area contributed by atoms with Gasteiger partial charge in [0.15, 0.2) is 0 Å². The van der Waals surface area contributed by atoms with E-state index >= 15 is 0 Å². The van der Waals surface area contributed by atoms with Gasteiger partial charge in [0.1, 0.15) is 6.10 Å². The maximum atomic E-state index is 12.0. The summed E-state index contributed by atoms with van der Waals surface area (Å²) in [6.07, 6.45) is -1.31. The number of thioether (sulfide) groups is 1. The number of alkyl carbamates (subject to hydrolysis) is 1. The maximum absolute atomic E-state index is 12.0. The van der Waals surface area contributed by atoms with Crippen LogP contribution in [0.3, 0.4) is 0 Å². The smallest absolute Gasteiger partial charge is 0.407 e. The lowest BCUT2D eigenvalue weighted by atomic mass is 10.3. The summed E-state index contributed by atoms with van der Waals surface area (Å²) >= 11 is 1.38.